The van der Waals surface area contributed by atoms with Gasteiger partial charge in [-0.1, -0.05) is 12.1 Å². The molecule has 0 radical (unpaired) electrons. The summed E-state index contributed by atoms with van der Waals surface area (Å²) < 4.78 is 10.7. The minimum Gasteiger partial charge on any atom is -0.503 e. The SMILES string of the molecule is CCOCCCN1C(=O)C(O)=C(C(C)=O)C1c1ccc(OCC)cc1. The molecule has 136 valence electrons. The highest BCUT2D eigenvalue weighted by Crippen LogP contribution is 2.38. The molecule has 1 amide bonds. The molecule has 1 aromatic carbocycles. The van der Waals surface area contributed by atoms with E-state index in [-0.39, 0.29) is 11.4 Å². The molecule has 1 aromatic rings. The van der Waals surface area contributed by atoms with Crippen molar-refractivity contribution in [2.75, 3.05) is 26.4 Å². The van der Waals surface area contributed by atoms with Crippen molar-refractivity contribution in [2.45, 2.75) is 33.2 Å². The van der Waals surface area contributed by atoms with E-state index in [4.69, 9.17) is 9.47 Å². The molecule has 0 spiro atoms. The fourth-order valence-corrected chi connectivity index (χ4v) is 2.98. The predicted molar refractivity (Wildman–Crippen MR) is 93.5 cm³/mol. The second kappa shape index (κ2) is 8.67. The maximum Gasteiger partial charge on any atom is 0.290 e. The molecule has 2 rings (SSSR count). The van der Waals surface area contributed by atoms with Crippen LogP contribution in [0.3, 0.4) is 0 Å². The van der Waals surface area contributed by atoms with Gasteiger partial charge in [0.1, 0.15) is 5.75 Å². The molecule has 0 bridgehead atoms. The molecule has 1 atom stereocenters. The number of amides is 1. The number of aliphatic hydroxyl groups excluding tert-OH is 1. The van der Waals surface area contributed by atoms with Gasteiger partial charge in [-0.2, -0.15) is 0 Å². The standard InChI is InChI=1S/C19H25NO5/c1-4-24-12-6-11-20-17(16(13(3)21)18(22)19(20)23)14-7-9-15(10-8-14)25-5-2/h7-10,17,22H,4-6,11-12H2,1-3H3. The average Bonchev–Trinajstić information content (AvgIpc) is 2.84. The Morgan fingerprint density at radius 2 is 1.88 bits per heavy atom. The Balaban J connectivity index is 2.29. The zero-order valence-corrected chi connectivity index (χ0v) is 14.9. The van der Waals surface area contributed by atoms with Crippen LogP contribution in [-0.2, 0) is 14.3 Å². The van der Waals surface area contributed by atoms with Crippen molar-refractivity contribution in [2.24, 2.45) is 0 Å². The van der Waals surface area contributed by atoms with Gasteiger partial charge in [0.2, 0.25) is 0 Å². The van der Waals surface area contributed by atoms with Crippen LogP contribution in [0.1, 0.15) is 38.8 Å². The van der Waals surface area contributed by atoms with Crippen LogP contribution in [0, 0.1) is 0 Å². The molecule has 1 N–H and O–H groups in total. The number of benzene rings is 1. The monoisotopic (exact) mass is 347 g/mol. The molecule has 6 nitrogen and oxygen atoms in total. The Morgan fingerprint density at radius 3 is 2.44 bits per heavy atom. The highest BCUT2D eigenvalue weighted by atomic mass is 16.5. The van der Waals surface area contributed by atoms with Gasteiger partial charge in [0, 0.05) is 19.8 Å². The largest absolute Gasteiger partial charge is 0.503 e. The van der Waals surface area contributed by atoms with E-state index in [2.05, 4.69) is 0 Å². The quantitative estimate of drug-likeness (QED) is 0.695. The van der Waals surface area contributed by atoms with E-state index in [1.165, 1.54) is 11.8 Å². The van der Waals surface area contributed by atoms with E-state index in [9.17, 15) is 14.7 Å². The fraction of sp³-hybridized carbons (Fsp3) is 0.474. The van der Waals surface area contributed by atoms with Crippen LogP contribution < -0.4 is 4.74 Å². The van der Waals surface area contributed by atoms with Crippen molar-refractivity contribution in [3.63, 3.8) is 0 Å². The van der Waals surface area contributed by atoms with E-state index in [0.717, 1.165) is 11.3 Å². The van der Waals surface area contributed by atoms with Crippen molar-refractivity contribution in [3.05, 3.63) is 41.2 Å². The van der Waals surface area contributed by atoms with Gasteiger partial charge >= 0.3 is 0 Å². The molecule has 0 saturated carbocycles. The van der Waals surface area contributed by atoms with E-state index in [1.54, 1.807) is 12.1 Å². The molecule has 1 aliphatic rings. The lowest BCUT2D eigenvalue weighted by atomic mass is 9.96. The molecule has 0 saturated heterocycles. The van der Waals surface area contributed by atoms with Crippen LogP contribution in [0.25, 0.3) is 0 Å². The van der Waals surface area contributed by atoms with E-state index < -0.39 is 17.7 Å². The van der Waals surface area contributed by atoms with Gasteiger partial charge in [0.05, 0.1) is 18.2 Å². The Morgan fingerprint density at radius 1 is 1.20 bits per heavy atom. The Labute approximate surface area is 148 Å². The average molecular weight is 347 g/mol. The van der Waals surface area contributed by atoms with Crippen molar-refractivity contribution < 1.29 is 24.2 Å². The molecule has 0 fully saturated rings. The first-order valence-corrected chi connectivity index (χ1v) is 8.56. The molecular weight excluding hydrogens is 322 g/mol. The molecule has 6 heteroatoms. The summed E-state index contributed by atoms with van der Waals surface area (Å²) in [4.78, 5) is 26.0. The van der Waals surface area contributed by atoms with Crippen LogP contribution in [0.2, 0.25) is 0 Å². The van der Waals surface area contributed by atoms with Gasteiger partial charge in [-0.25, -0.2) is 0 Å². The number of rotatable bonds is 9. The Bertz CT molecular complexity index is 650. The lowest BCUT2D eigenvalue weighted by Gasteiger charge is -2.26. The first-order valence-electron chi connectivity index (χ1n) is 8.56. The predicted octanol–water partition coefficient (Wildman–Crippen LogP) is 2.80. The van der Waals surface area contributed by atoms with Gasteiger partial charge in [-0.05, 0) is 44.9 Å². The highest BCUT2D eigenvalue weighted by Gasteiger charge is 2.41. The minimum atomic E-state index is -0.581. The maximum absolute atomic E-state index is 12.4. The lowest BCUT2D eigenvalue weighted by Crippen LogP contribution is -2.32. The summed E-state index contributed by atoms with van der Waals surface area (Å²) in [5, 5.41) is 10.2. The number of nitrogens with zero attached hydrogens (tertiary/aromatic N) is 1. The molecule has 1 heterocycles. The fourth-order valence-electron chi connectivity index (χ4n) is 2.98. The normalized spacial score (nSPS) is 17.3. The van der Waals surface area contributed by atoms with Crippen LogP contribution >= 0.6 is 0 Å². The molecule has 25 heavy (non-hydrogen) atoms. The van der Waals surface area contributed by atoms with Gasteiger partial charge < -0.3 is 19.5 Å². The number of ketones is 1. The second-order valence-electron chi connectivity index (χ2n) is 5.77. The van der Waals surface area contributed by atoms with Crippen molar-refractivity contribution in [3.8, 4) is 5.75 Å². The summed E-state index contributed by atoms with van der Waals surface area (Å²) >= 11 is 0. The van der Waals surface area contributed by atoms with Crippen LogP contribution in [0.4, 0.5) is 0 Å². The van der Waals surface area contributed by atoms with Gasteiger partial charge in [-0.15, -0.1) is 0 Å². The number of ether oxygens (including phenoxy) is 2. The lowest BCUT2D eigenvalue weighted by molar-refractivity contribution is -0.129. The molecule has 0 aromatic heterocycles. The topological polar surface area (TPSA) is 76.1 Å². The zero-order chi connectivity index (χ0) is 18.4. The Kier molecular flexibility index (Phi) is 6.58. The third-order valence-corrected chi connectivity index (χ3v) is 4.08. The number of carbonyl (C=O) groups is 2. The van der Waals surface area contributed by atoms with E-state index in [0.29, 0.717) is 32.8 Å². The number of carbonyl (C=O) groups excluding carboxylic acids is 2. The van der Waals surface area contributed by atoms with Crippen LogP contribution in [0.5, 0.6) is 5.75 Å². The summed E-state index contributed by atoms with van der Waals surface area (Å²) in [5.41, 5.74) is 0.910. The second-order valence-corrected chi connectivity index (χ2v) is 5.77. The summed E-state index contributed by atoms with van der Waals surface area (Å²) in [7, 11) is 0. The number of Topliss-reactive ketones (excluding diaryl/α,β-unsaturated/α-hetero) is 1. The summed E-state index contributed by atoms with van der Waals surface area (Å²) in [6.07, 6.45) is 0.631. The first-order chi connectivity index (χ1) is 12.0. The summed E-state index contributed by atoms with van der Waals surface area (Å²) in [5.74, 6) is -0.559. The first kappa shape index (κ1) is 19.0. The molecule has 1 unspecified atom stereocenters. The summed E-state index contributed by atoms with van der Waals surface area (Å²) in [6, 6.07) is 6.66. The van der Waals surface area contributed by atoms with Crippen molar-refractivity contribution in [1.29, 1.82) is 0 Å². The van der Waals surface area contributed by atoms with Crippen molar-refractivity contribution in [1.82, 2.24) is 4.90 Å². The highest BCUT2D eigenvalue weighted by molar-refractivity contribution is 6.08. The summed E-state index contributed by atoms with van der Waals surface area (Å²) in [6.45, 7) is 7.26. The third kappa shape index (κ3) is 4.20. The van der Waals surface area contributed by atoms with Gasteiger partial charge in [0.15, 0.2) is 11.5 Å². The molecule has 0 aliphatic carbocycles. The van der Waals surface area contributed by atoms with Crippen LogP contribution in [0.15, 0.2) is 35.6 Å². The van der Waals surface area contributed by atoms with Gasteiger partial charge in [-0.3, -0.25) is 9.59 Å². The Hall–Kier alpha value is -2.34. The maximum atomic E-state index is 12.4. The van der Waals surface area contributed by atoms with E-state index >= 15 is 0 Å². The van der Waals surface area contributed by atoms with Crippen molar-refractivity contribution >= 4 is 11.7 Å². The smallest absolute Gasteiger partial charge is 0.290 e. The zero-order valence-electron chi connectivity index (χ0n) is 14.9. The van der Waals surface area contributed by atoms with Crippen LogP contribution in [-0.4, -0.2) is 48.1 Å². The number of hydrogen-bond acceptors (Lipinski definition) is 5. The molecular formula is C19H25NO5. The van der Waals surface area contributed by atoms with E-state index in [1.807, 2.05) is 26.0 Å². The third-order valence-electron chi connectivity index (χ3n) is 4.08. The number of hydrogen-bond donors (Lipinski definition) is 1. The minimum absolute atomic E-state index is 0.144. The van der Waals surface area contributed by atoms with Gasteiger partial charge in [0.25, 0.3) is 5.91 Å². The molecule has 1 aliphatic heterocycles. The number of aliphatic hydroxyl groups is 1.